The number of fused-ring (bicyclic) bond motifs is 3. The Balaban J connectivity index is 1.28. The summed E-state index contributed by atoms with van der Waals surface area (Å²) in [7, 11) is 0. The fraction of sp³-hybridized carbons (Fsp3) is 0.385. The second-order valence-electron chi connectivity index (χ2n) is 9.36. The van der Waals surface area contributed by atoms with Crippen LogP contribution in [-0.4, -0.2) is 21.0 Å². The van der Waals surface area contributed by atoms with Crippen molar-refractivity contribution < 1.29 is 9.90 Å². The largest absolute Gasteiger partial charge is 0.508 e. The molecule has 5 nitrogen and oxygen atoms in total. The van der Waals surface area contributed by atoms with Gasteiger partial charge in [0.2, 0.25) is 5.91 Å². The number of carbonyl (C=O) groups excluding carboxylic acids is 1. The van der Waals surface area contributed by atoms with E-state index in [4.69, 9.17) is 11.6 Å². The molecule has 1 saturated carbocycles. The molecule has 0 spiro atoms. The van der Waals surface area contributed by atoms with Gasteiger partial charge in [0.1, 0.15) is 11.6 Å². The number of carbonyl (C=O) groups is 1. The summed E-state index contributed by atoms with van der Waals surface area (Å²) in [5.41, 5.74) is 4.63. The van der Waals surface area contributed by atoms with Gasteiger partial charge < -0.3 is 15.4 Å². The van der Waals surface area contributed by atoms with Gasteiger partial charge in [0, 0.05) is 29.1 Å². The van der Waals surface area contributed by atoms with Gasteiger partial charge >= 0.3 is 0 Å². The van der Waals surface area contributed by atoms with E-state index in [1.165, 1.54) is 24.8 Å². The zero-order valence-electron chi connectivity index (χ0n) is 18.2. The molecule has 2 aromatic carbocycles. The lowest BCUT2D eigenvalue weighted by Crippen LogP contribution is -2.30. The molecule has 3 atom stereocenters. The molecule has 2 aliphatic rings. The molecule has 3 aromatic rings. The minimum absolute atomic E-state index is 0.0609. The highest BCUT2D eigenvalue weighted by Gasteiger charge is 2.34. The summed E-state index contributed by atoms with van der Waals surface area (Å²) in [6, 6.07) is 10.7. The van der Waals surface area contributed by atoms with Gasteiger partial charge in [-0.15, -0.1) is 0 Å². The molecule has 3 N–H and O–H groups in total. The molecule has 32 heavy (non-hydrogen) atoms. The van der Waals surface area contributed by atoms with Crippen LogP contribution in [0.1, 0.15) is 50.4 Å². The highest BCUT2D eigenvalue weighted by Crippen LogP contribution is 2.44. The topological polar surface area (TPSA) is 78.0 Å². The van der Waals surface area contributed by atoms with Crippen molar-refractivity contribution >= 4 is 34.2 Å². The van der Waals surface area contributed by atoms with Crippen molar-refractivity contribution in [2.24, 2.45) is 17.8 Å². The number of amides is 1. The van der Waals surface area contributed by atoms with E-state index in [1.807, 2.05) is 18.2 Å². The molecule has 5 rings (SSSR count). The Bertz CT molecular complexity index is 1200. The number of anilines is 1. The molecule has 2 bridgehead atoms. The van der Waals surface area contributed by atoms with Crippen molar-refractivity contribution in [3.8, 4) is 5.75 Å². The van der Waals surface area contributed by atoms with E-state index in [9.17, 15) is 9.90 Å². The molecular weight excluding hydrogens is 422 g/mol. The van der Waals surface area contributed by atoms with Crippen LogP contribution in [0.5, 0.6) is 5.75 Å². The number of aromatic hydroxyl groups is 1. The number of hydrogen-bond acceptors (Lipinski definition) is 3. The number of aromatic nitrogens is 2. The number of phenols is 1. The highest BCUT2D eigenvalue weighted by molar-refractivity contribution is 6.30. The van der Waals surface area contributed by atoms with Crippen LogP contribution in [0.2, 0.25) is 5.02 Å². The standard InChI is InChI=1S/C26H28ClN3O2/c1-15-9-16-3-2-4-17(10-16)21(15)14-26(32)28-20-6-7-22-23(13-20)30-25(29-22)12-18-11-19(27)5-8-24(18)31/h4-8,11,13,15-16,21,31H,2-3,9-10,12,14H2,1H3,(H,28,32)(H,29,30). The Morgan fingerprint density at radius 3 is 3.03 bits per heavy atom. The van der Waals surface area contributed by atoms with Crippen LogP contribution in [0.25, 0.3) is 11.0 Å². The van der Waals surface area contributed by atoms with E-state index < -0.39 is 0 Å². The predicted molar refractivity (Wildman–Crippen MR) is 128 cm³/mol. The average molecular weight is 450 g/mol. The number of halogens is 1. The van der Waals surface area contributed by atoms with E-state index in [2.05, 4.69) is 28.3 Å². The smallest absolute Gasteiger partial charge is 0.224 e. The van der Waals surface area contributed by atoms with Crippen molar-refractivity contribution in [1.29, 1.82) is 0 Å². The molecule has 1 fully saturated rings. The Morgan fingerprint density at radius 2 is 2.16 bits per heavy atom. The molecular formula is C26H28ClN3O2. The lowest BCUT2D eigenvalue weighted by Gasteiger charge is -2.39. The number of benzene rings is 2. The molecule has 0 aliphatic heterocycles. The van der Waals surface area contributed by atoms with Crippen molar-refractivity contribution in [3.05, 3.63) is 64.5 Å². The minimum atomic E-state index is 0.0609. The van der Waals surface area contributed by atoms with Crippen molar-refractivity contribution in [3.63, 3.8) is 0 Å². The maximum Gasteiger partial charge on any atom is 0.224 e. The summed E-state index contributed by atoms with van der Waals surface area (Å²) in [5.74, 6) is 2.72. The summed E-state index contributed by atoms with van der Waals surface area (Å²) in [6.07, 6.45) is 8.23. The fourth-order valence-electron chi connectivity index (χ4n) is 5.42. The highest BCUT2D eigenvalue weighted by atomic mass is 35.5. The number of hydrogen-bond donors (Lipinski definition) is 3. The number of nitrogens with one attached hydrogen (secondary N) is 2. The second kappa shape index (κ2) is 8.62. The van der Waals surface area contributed by atoms with Gasteiger partial charge in [-0.3, -0.25) is 4.79 Å². The van der Waals surface area contributed by atoms with Gasteiger partial charge in [0.25, 0.3) is 0 Å². The predicted octanol–water partition coefficient (Wildman–Crippen LogP) is 6.22. The summed E-state index contributed by atoms with van der Waals surface area (Å²) in [6.45, 7) is 2.29. The van der Waals surface area contributed by atoms with Gasteiger partial charge in [-0.25, -0.2) is 4.98 Å². The van der Waals surface area contributed by atoms with Crippen molar-refractivity contribution in [2.75, 3.05) is 5.32 Å². The Kier molecular flexibility index (Phi) is 5.68. The molecule has 3 unspecified atom stereocenters. The molecule has 6 heteroatoms. The third kappa shape index (κ3) is 4.40. The Hall–Kier alpha value is -2.79. The molecule has 0 saturated heterocycles. The molecule has 1 amide bonds. The van der Waals surface area contributed by atoms with Gasteiger partial charge in [-0.1, -0.05) is 30.2 Å². The monoisotopic (exact) mass is 449 g/mol. The van der Waals surface area contributed by atoms with E-state index >= 15 is 0 Å². The number of imidazole rings is 1. The first-order valence-electron chi connectivity index (χ1n) is 11.4. The van der Waals surface area contributed by atoms with E-state index in [1.54, 1.807) is 18.2 Å². The molecule has 166 valence electrons. The van der Waals surface area contributed by atoms with Crippen LogP contribution in [0, 0.1) is 17.8 Å². The average Bonchev–Trinajstić information content (AvgIpc) is 3.15. The van der Waals surface area contributed by atoms with Gasteiger partial charge in [0.05, 0.1) is 11.0 Å². The lowest BCUT2D eigenvalue weighted by molar-refractivity contribution is -0.117. The van der Waals surface area contributed by atoms with Gasteiger partial charge in [0.15, 0.2) is 0 Å². The van der Waals surface area contributed by atoms with Crippen LogP contribution in [0.4, 0.5) is 5.69 Å². The number of nitrogens with zero attached hydrogens (tertiary/aromatic N) is 1. The molecule has 2 aliphatic carbocycles. The summed E-state index contributed by atoms with van der Waals surface area (Å²) in [5, 5.41) is 13.7. The number of H-pyrrole nitrogens is 1. The first-order valence-corrected chi connectivity index (χ1v) is 11.8. The molecule has 0 radical (unpaired) electrons. The normalized spacial score (nSPS) is 22.6. The Morgan fingerprint density at radius 1 is 1.28 bits per heavy atom. The summed E-state index contributed by atoms with van der Waals surface area (Å²) >= 11 is 6.05. The summed E-state index contributed by atoms with van der Waals surface area (Å²) in [4.78, 5) is 20.8. The maximum atomic E-state index is 12.8. The molecule has 1 aromatic heterocycles. The minimum Gasteiger partial charge on any atom is -0.508 e. The zero-order valence-corrected chi connectivity index (χ0v) is 19.0. The fourth-order valence-corrected chi connectivity index (χ4v) is 5.62. The van der Waals surface area contributed by atoms with Crippen LogP contribution in [0.15, 0.2) is 48.0 Å². The first-order chi connectivity index (χ1) is 15.4. The molecule has 1 heterocycles. The van der Waals surface area contributed by atoms with E-state index in [0.29, 0.717) is 35.3 Å². The van der Waals surface area contributed by atoms with E-state index in [0.717, 1.165) is 34.9 Å². The summed E-state index contributed by atoms with van der Waals surface area (Å²) < 4.78 is 0. The maximum absolute atomic E-state index is 12.8. The van der Waals surface area contributed by atoms with Crippen LogP contribution in [0.3, 0.4) is 0 Å². The number of rotatable bonds is 5. The Labute approximate surface area is 192 Å². The first kappa shape index (κ1) is 21.1. The number of aromatic amines is 1. The van der Waals surface area contributed by atoms with Crippen molar-refractivity contribution in [1.82, 2.24) is 9.97 Å². The third-order valence-electron chi connectivity index (χ3n) is 6.99. The van der Waals surface area contributed by atoms with Gasteiger partial charge in [-0.2, -0.15) is 0 Å². The van der Waals surface area contributed by atoms with Gasteiger partial charge in [-0.05, 0) is 79.8 Å². The van der Waals surface area contributed by atoms with Crippen molar-refractivity contribution in [2.45, 2.75) is 45.4 Å². The number of phenolic OH excluding ortho intramolecular Hbond substituents is 1. The van der Waals surface area contributed by atoms with Crippen LogP contribution >= 0.6 is 11.6 Å². The quantitative estimate of drug-likeness (QED) is 0.404. The van der Waals surface area contributed by atoms with Crippen LogP contribution < -0.4 is 5.32 Å². The van der Waals surface area contributed by atoms with E-state index in [-0.39, 0.29) is 11.7 Å². The zero-order chi connectivity index (χ0) is 22.2. The van der Waals surface area contributed by atoms with Crippen LogP contribution in [-0.2, 0) is 11.2 Å². The SMILES string of the molecule is CC1CC2CCC=C(C2)C1CC(=O)Nc1ccc2[nH]c(Cc3cc(Cl)ccc3O)nc2c1. The second-order valence-corrected chi connectivity index (χ2v) is 9.80. The third-order valence-corrected chi connectivity index (χ3v) is 7.23. The lowest BCUT2D eigenvalue weighted by atomic mass is 9.66. The number of allylic oxidation sites excluding steroid dienone is 2.